The fourth-order valence-corrected chi connectivity index (χ4v) is 3.74. The highest BCUT2D eigenvalue weighted by molar-refractivity contribution is 6.30. The molecule has 2 heterocycles. The molecule has 1 saturated carbocycles. The molecule has 1 aliphatic heterocycles. The first-order valence-electron chi connectivity index (χ1n) is 9.73. The summed E-state index contributed by atoms with van der Waals surface area (Å²) in [4.78, 5) is 24.0. The van der Waals surface area contributed by atoms with Gasteiger partial charge in [-0.25, -0.2) is 4.79 Å². The van der Waals surface area contributed by atoms with Crippen LogP contribution in [0.1, 0.15) is 42.9 Å². The number of nitrogens with zero attached hydrogens (tertiary/aromatic N) is 1. The highest BCUT2D eigenvalue weighted by Crippen LogP contribution is 2.38. The number of amides is 2. The van der Waals surface area contributed by atoms with Gasteiger partial charge >= 0.3 is 6.09 Å². The van der Waals surface area contributed by atoms with Crippen LogP contribution in [-0.2, 0) is 20.8 Å². The van der Waals surface area contributed by atoms with Gasteiger partial charge in [0, 0.05) is 30.2 Å². The van der Waals surface area contributed by atoms with Crippen molar-refractivity contribution in [3.63, 3.8) is 0 Å². The molecule has 1 aromatic heterocycles. The average Bonchev–Trinajstić information content (AvgIpc) is 3.35. The fourth-order valence-electron chi connectivity index (χ4n) is 3.53. The number of benzene rings is 1. The Kier molecular flexibility index (Phi) is 6.01. The van der Waals surface area contributed by atoms with Crippen molar-refractivity contribution in [1.29, 1.82) is 0 Å². The molecule has 2 amide bonds. The minimum absolute atomic E-state index is 0.138. The number of carbonyl (C=O) groups excluding carboxylic acids is 2. The number of H-pyrrole nitrogens is 1. The van der Waals surface area contributed by atoms with E-state index in [1.165, 1.54) is 0 Å². The fraction of sp³-hybridized carbons (Fsp3) is 0.450. The van der Waals surface area contributed by atoms with E-state index in [1.54, 1.807) is 12.1 Å². The Hall–Kier alpha value is -2.58. The molecule has 0 radical (unpaired) electrons. The van der Waals surface area contributed by atoms with Crippen LogP contribution in [0.3, 0.4) is 0 Å². The standard InChI is InChI=1S/C20H23ClN4O4/c21-14-4-1-3-12(7-14)11-22-20(27)29-15-8-13(9-15)16-10-18(25-24-16)23-19(26)17-5-2-6-28-17/h1,3-4,7,10,13,15,17H,2,5-6,8-9,11H2,(H,22,27)(H2,23,24,25,26)/t13-,15+,17-/m1/s1. The summed E-state index contributed by atoms with van der Waals surface area (Å²) in [7, 11) is 0. The molecular formula is C20H23ClN4O4. The second-order valence-corrected chi connectivity index (χ2v) is 7.81. The number of halogens is 1. The van der Waals surface area contributed by atoms with E-state index >= 15 is 0 Å². The van der Waals surface area contributed by atoms with Gasteiger partial charge in [0.15, 0.2) is 0 Å². The third-order valence-corrected chi connectivity index (χ3v) is 5.43. The van der Waals surface area contributed by atoms with Gasteiger partial charge in [0.2, 0.25) is 0 Å². The summed E-state index contributed by atoms with van der Waals surface area (Å²) in [6.07, 6.45) is 2.09. The van der Waals surface area contributed by atoms with Gasteiger partial charge in [-0.1, -0.05) is 23.7 Å². The SMILES string of the molecule is O=C(NCc1cccc(Cl)c1)O[C@H]1C[C@@H](c2cc(NC(=O)[C@H]3CCCO3)[nH]n2)C1. The average molecular weight is 419 g/mol. The minimum atomic E-state index is -0.444. The zero-order valence-corrected chi connectivity index (χ0v) is 16.6. The van der Waals surface area contributed by atoms with Crippen molar-refractivity contribution in [2.24, 2.45) is 0 Å². The van der Waals surface area contributed by atoms with Gasteiger partial charge < -0.3 is 20.1 Å². The van der Waals surface area contributed by atoms with Crippen molar-refractivity contribution >= 4 is 29.4 Å². The summed E-state index contributed by atoms with van der Waals surface area (Å²) >= 11 is 5.93. The van der Waals surface area contributed by atoms with Gasteiger partial charge in [0.25, 0.3) is 5.91 Å². The van der Waals surface area contributed by atoms with Crippen LogP contribution in [0.25, 0.3) is 0 Å². The third-order valence-electron chi connectivity index (χ3n) is 5.19. The van der Waals surface area contributed by atoms with Crippen LogP contribution in [0.15, 0.2) is 30.3 Å². The number of hydrogen-bond donors (Lipinski definition) is 3. The lowest BCUT2D eigenvalue weighted by atomic mass is 9.80. The number of rotatable bonds is 6. The molecule has 9 heteroatoms. The molecule has 1 aliphatic carbocycles. The first-order chi connectivity index (χ1) is 14.1. The smallest absolute Gasteiger partial charge is 0.407 e. The minimum Gasteiger partial charge on any atom is -0.446 e. The Bertz CT molecular complexity index is 875. The summed E-state index contributed by atoms with van der Waals surface area (Å²) in [6, 6.07) is 9.13. The second kappa shape index (κ2) is 8.84. The van der Waals surface area contributed by atoms with Crippen LogP contribution in [0.2, 0.25) is 5.02 Å². The van der Waals surface area contributed by atoms with E-state index in [-0.39, 0.29) is 24.0 Å². The Morgan fingerprint density at radius 2 is 2.17 bits per heavy atom. The molecule has 1 aromatic carbocycles. The summed E-state index contributed by atoms with van der Waals surface area (Å²) in [6.45, 7) is 0.991. The van der Waals surface area contributed by atoms with E-state index in [9.17, 15) is 9.59 Å². The number of carbonyl (C=O) groups is 2. The molecule has 0 unspecified atom stereocenters. The molecule has 2 fully saturated rings. The molecule has 29 heavy (non-hydrogen) atoms. The van der Waals surface area contributed by atoms with Crippen molar-refractivity contribution in [2.75, 3.05) is 11.9 Å². The predicted octanol–water partition coefficient (Wildman–Crippen LogP) is 3.35. The first kappa shape index (κ1) is 19.7. The summed E-state index contributed by atoms with van der Waals surface area (Å²) < 4.78 is 10.8. The Balaban J connectivity index is 1.18. The van der Waals surface area contributed by atoms with E-state index < -0.39 is 6.09 Å². The number of alkyl carbamates (subject to hydrolysis) is 1. The zero-order chi connectivity index (χ0) is 20.2. The normalized spacial score (nSPS) is 23.3. The van der Waals surface area contributed by atoms with Gasteiger partial charge in [-0.2, -0.15) is 5.10 Å². The van der Waals surface area contributed by atoms with E-state index in [0.29, 0.717) is 36.8 Å². The molecule has 1 atom stereocenters. The van der Waals surface area contributed by atoms with Gasteiger partial charge in [-0.05, 0) is 43.4 Å². The van der Waals surface area contributed by atoms with Crippen LogP contribution in [-0.4, -0.2) is 41.0 Å². The topological polar surface area (TPSA) is 105 Å². The third kappa shape index (κ3) is 5.07. The molecule has 1 saturated heterocycles. The number of aromatic amines is 1. The molecule has 0 bridgehead atoms. The molecule has 8 nitrogen and oxygen atoms in total. The number of anilines is 1. The van der Waals surface area contributed by atoms with Crippen LogP contribution in [0, 0.1) is 0 Å². The number of ether oxygens (including phenoxy) is 2. The van der Waals surface area contributed by atoms with E-state index in [0.717, 1.165) is 24.1 Å². The Labute approximate surface area is 173 Å². The molecule has 154 valence electrons. The van der Waals surface area contributed by atoms with Crippen LogP contribution >= 0.6 is 11.6 Å². The maximum Gasteiger partial charge on any atom is 0.407 e. The Morgan fingerprint density at radius 3 is 2.93 bits per heavy atom. The molecule has 2 aliphatic rings. The molecule has 3 N–H and O–H groups in total. The van der Waals surface area contributed by atoms with E-state index in [4.69, 9.17) is 21.1 Å². The van der Waals surface area contributed by atoms with E-state index in [1.807, 2.05) is 18.2 Å². The van der Waals surface area contributed by atoms with E-state index in [2.05, 4.69) is 20.8 Å². The number of hydrogen-bond acceptors (Lipinski definition) is 5. The van der Waals surface area contributed by atoms with Gasteiger partial charge in [0.05, 0.1) is 5.69 Å². The molecule has 2 aromatic rings. The largest absolute Gasteiger partial charge is 0.446 e. The van der Waals surface area contributed by atoms with Gasteiger partial charge in [0.1, 0.15) is 18.0 Å². The first-order valence-corrected chi connectivity index (χ1v) is 10.1. The molecular weight excluding hydrogens is 396 g/mol. The van der Waals surface area contributed by atoms with Crippen molar-refractivity contribution in [3.05, 3.63) is 46.6 Å². The van der Waals surface area contributed by atoms with Gasteiger partial charge in [-0.3, -0.25) is 9.89 Å². The number of aromatic nitrogens is 2. The molecule has 0 spiro atoms. The Morgan fingerprint density at radius 1 is 1.31 bits per heavy atom. The van der Waals surface area contributed by atoms with Crippen molar-refractivity contribution in [3.8, 4) is 0 Å². The van der Waals surface area contributed by atoms with Crippen molar-refractivity contribution < 1.29 is 19.1 Å². The summed E-state index contributed by atoms with van der Waals surface area (Å²) in [5, 5.41) is 13.3. The summed E-state index contributed by atoms with van der Waals surface area (Å²) in [5.74, 6) is 0.610. The van der Waals surface area contributed by atoms with Crippen molar-refractivity contribution in [1.82, 2.24) is 15.5 Å². The predicted molar refractivity (Wildman–Crippen MR) is 107 cm³/mol. The monoisotopic (exact) mass is 418 g/mol. The lowest BCUT2D eigenvalue weighted by Crippen LogP contribution is -2.36. The highest BCUT2D eigenvalue weighted by Gasteiger charge is 2.35. The van der Waals surface area contributed by atoms with Gasteiger partial charge in [-0.15, -0.1) is 0 Å². The highest BCUT2D eigenvalue weighted by atomic mass is 35.5. The quantitative estimate of drug-likeness (QED) is 0.667. The van der Waals surface area contributed by atoms with Crippen molar-refractivity contribution in [2.45, 2.75) is 50.4 Å². The maximum absolute atomic E-state index is 12.1. The maximum atomic E-state index is 12.1. The lowest BCUT2D eigenvalue weighted by molar-refractivity contribution is -0.124. The van der Waals surface area contributed by atoms with Crippen LogP contribution in [0.5, 0.6) is 0 Å². The lowest BCUT2D eigenvalue weighted by Gasteiger charge is -2.33. The summed E-state index contributed by atoms with van der Waals surface area (Å²) in [5.41, 5.74) is 1.77. The molecule has 4 rings (SSSR count). The van der Waals surface area contributed by atoms with Crippen LogP contribution in [0.4, 0.5) is 10.6 Å². The number of nitrogens with one attached hydrogen (secondary N) is 3. The van der Waals surface area contributed by atoms with Crippen LogP contribution < -0.4 is 10.6 Å². The second-order valence-electron chi connectivity index (χ2n) is 7.38. The zero-order valence-electron chi connectivity index (χ0n) is 15.8.